The van der Waals surface area contributed by atoms with Gasteiger partial charge in [-0.2, -0.15) is 9.41 Å². The van der Waals surface area contributed by atoms with Gasteiger partial charge >= 0.3 is 0 Å². The lowest BCUT2D eigenvalue weighted by Gasteiger charge is -2.31. The number of nitrogens with one attached hydrogen (secondary N) is 1. The summed E-state index contributed by atoms with van der Waals surface area (Å²) in [5.74, 6) is -0.669. The largest absolute Gasteiger partial charge is 0.273 e. The highest BCUT2D eigenvalue weighted by Crippen LogP contribution is 2.25. The summed E-state index contributed by atoms with van der Waals surface area (Å²) in [5.41, 5.74) is 4.12. The van der Waals surface area contributed by atoms with Gasteiger partial charge in [-0.15, -0.1) is 0 Å². The molecule has 2 aromatic rings. The van der Waals surface area contributed by atoms with Crippen molar-refractivity contribution in [3.05, 3.63) is 65.7 Å². The molecule has 1 aliphatic heterocycles. The van der Waals surface area contributed by atoms with E-state index >= 15 is 0 Å². The van der Waals surface area contributed by atoms with Crippen LogP contribution >= 0.6 is 0 Å². The van der Waals surface area contributed by atoms with Crippen molar-refractivity contribution in [1.29, 1.82) is 0 Å². The van der Waals surface area contributed by atoms with Gasteiger partial charge in [-0.25, -0.2) is 13.8 Å². The van der Waals surface area contributed by atoms with E-state index in [0.717, 1.165) is 5.56 Å². The Morgan fingerprint density at radius 2 is 1.85 bits per heavy atom. The molecule has 1 fully saturated rings. The molecule has 1 saturated heterocycles. The fourth-order valence-corrected chi connectivity index (χ4v) is 4.91. The summed E-state index contributed by atoms with van der Waals surface area (Å²) in [6, 6.07) is 16.4. The normalized spacial score (nSPS) is 18.5. The quantitative estimate of drug-likeness (QED) is 0.635. The van der Waals surface area contributed by atoms with E-state index in [4.69, 9.17) is 0 Å². The Hall–Kier alpha value is -2.51. The first-order valence-corrected chi connectivity index (χ1v) is 10.4. The van der Waals surface area contributed by atoms with Crippen LogP contribution in [0.1, 0.15) is 24.0 Å². The van der Waals surface area contributed by atoms with Gasteiger partial charge in [-0.1, -0.05) is 48.5 Å². The van der Waals surface area contributed by atoms with Crippen LogP contribution in [-0.2, 0) is 14.8 Å². The number of sulfonamides is 1. The number of hydrogen-bond acceptors (Lipinski definition) is 4. The molecule has 1 amide bonds. The average Bonchev–Trinajstić information content (AvgIpc) is 2.69. The molecule has 0 aliphatic carbocycles. The van der Waals surface area contributed by atoms with Crippen molar-refractivity contribution in [1.82, 2.24) is 9.73 Å². The van der Waals surface area contributed by atoms with Gasteiger partial charge < -0.3 is 0 Å². The monoisotopic (exact) mass is 385 g/mol. The highest BCUT2D eigenvalue weighted by molar-refractivity contribution is 7.89. The predicted molar refractivity (Wildman–Crippen MR) is 105 cm³/mol. The molecule has 2 aromatic carbocycles. The molecule has 0 aromatic heterocycles. The predicted octanol–water partition coefficient (Wildman–Crippen LogP) is 2.55. The second-order valence-corrected chi connectivity index (χ2v) is 8.52. The van der Waals surface area contributed by atoms with Gasteiger partial charge in [-0.05, 0) is 37.0 Å². The summed E-state index contributed by atoms with van der Waals surface area (Å²) in [6.07, 6.45) is 2.86. The number of rotatable bonds is 5. The first-order valence-electron chi connectivity index (χ1n) is 8.92. The van der Waals surface area contributed by atoms with Crippen LogP contribution in [0.5, 0.6) is 0 Å². The van der Waals surface area contributed by atoms with Crippen molar-refractivity contribution >= 4 is 22.1 Å². The zero-order valence-corrected chi connectivity index (χ0v) is 16.0. The van der Waals surface area contributed by atoms with E-state index in [1.165, 1.54) is 4.31 Å². The molecule has 6 nitrogen and oxygen atoms in total. The molecule has 0 radical (unpaired) electrons. The van der Waals surface area contributed by atoms with Crippen molar-refractivity contribution in [3.63, 3.8) is 0 Å². The number of nitrogens with zero attached hydrogens (tertiary/aromatic N) is 2. The van der Waals surface area contributed by atoms with E-state index in [1.54, 1.807) is 31.3 Å². The fraction of sp³-hybridized carbons (Fsp3) is 0.300. The Morgan fingerprint density at radius 3 is 2.59 bits per heavy atom. The van der Waals surface area contributed by atoms with E-state index in [-0.39, 0.29) is 12.5 Å². The maximum absolute atomic E-state index is 12.9. The highest BCUT2D eigenvalue weighted by atomic mass is 32.2. The van der Waals surface area contributed by atoms with Crippen LogP contribution in [0.25, 0.3) is 0 Å². The van der Waals surface area contributed by atoms with Crippen LogP contribution in [0.15, 0.2) is 64.6 Å². The van der Waals surface area contributed by atoms with E-state index in [9.17, 15) is 13.2 Å². The number of hydrazone groups is 1. The van der Waals surface area contributed by atoms with Gasteiger partial charge in [0.2, 0.25) is 15.9 Å². The molecule has 0 unspecified atom stereocenters. The molecular formula is C20H23N3O3S. The van der Waals surface area contributed by atoms with E-state index in [2.05, 4.69) is 10.5 Å². The molecule has 3 rings (SSSR count). The number of amides is 1. The average molecular weight is 385 g/mol. The molecule has 0 saturated carbocycles. The molecule has 0 bridgehead atoms. The molecular weight excluding hydrogens is 362 g/mol. The molecule has 1 atom stereocenters. The number of aryl methyl sites for hydroxylation is 1. The van der Waals surface area contributed by atoms with E-state index in [0.29, 0.717) is 29.8 Å². The summed E-state index contributed by atoms with van der Waals surface area (Å²) < 4.78 is 27.3. The first kappa shape index (κ1) is 19.3. The SMILES string of the molecule is Cc1ccccc1S(=O)(=O)N1CCC[C@@H](C(=O)N/N=C\c2ccccc2)C1. The fourth-order valence-electron chi connectivity index (χ4n) is 3.16. The lowest BCUT2D eigenvalue weighted by atomic mass is 9.99. The van der Waals surface area contributed by atoms with Gasteiger partial charge in [0, 0.05) is 13.1 Å². The van der Waals surface area contributed by atoms with Crippen LogP contribution in [0, 0.1) is 12.8 Å². The minimum atomic E-state index is -3.61. The Morgan fingerprint density at radius 1 is 1.15 bits per heavy atom. The summed E-state index contributed by atoms with van der Waals surface area (Å²) >= 11 is 0. The van der Waals surface area contributed by atoms with Crippen LogP contribution in [0.4, 0.5) is 0 Å². The maximum atomic E-state index is 12.9. The van der Waals surface area contributed by atoms with Crippen molar-refractivity contribution < 1.29 is 13.2 Å². The number of carbonyl (C=O) groups excluding carboxylic acids is 1. The third kappa shape index (κ3) is 4.61. The maximum Gasteiger partial charge on any atom is 0.244 e. The topological polar surface area (TPSA) is 78.8 Å². The lowest BCUT2D eigenvalue weighted by molar-refractivity contribution is -0.126. The lowest BCUT2D eigenvalue weighted by Crippen LogP contribution is -2.44. The Balaban J connectivity index is 1.66. The second kappa shape index (κ2) is 8.45. The van der Waals surface area contributed by atoms with Gasteiger partial charge in [-0.3, -0.25) is 4.79 Å². The summed E-state index contributed by atoms with van der Waals surface area (Å²) in [6.45, 7) is 2.37. The summed E-state index contributed by atoms with van der Waals surface area (Å²) in [4.78, 5) is 12.7. The number of carbonyl (C=O) groups is 1. The third-order valence-electron chi connectivity index (χ3n) is 4.65. The molecule has 27 heavy (non-hydrogen) atoms. The van der Waals surface area contributed by atoms with E-state index < -0.39 is 15.9 Å². The first-order chi connectivity index (χ1) is 13.0. The third-order valence-corrected chi connectivity index (χ3v) is 6.68. The molecule has 0 spiro atoms. The molecule has 1 N–H and O–H groups in total. The molecule has 142 valence electrons. The van der Waals surface area contributed by atoms with Crippen LogP contribution in [0.3, 0.4) is 0 Å². The Kier molecular flexibility index (Phi) is 6.03. The van der Waals surface area contributed by atoms with Gasteiger partial charge in [0.1, 0.15) is 0 Å². The van der Waals surface area contributed by atoms with Gasteiger partial charge in [0.25, 0.3) is 0 Å². The van der Waals surface area contributed by atoms with E-state index in [1.807, 2.05) is 36.4 Å². The van der Waals surface area contributed by atoms with Crippen LogP contribution < -0.4 is 5.43 Å². The standard InChI is InChI=1S/C20H23N3O3S/c1-16-8-5-6-12-19(16)27(25,26)23-13-7-11-18(15-23)20(24)22-21-14-17-9-3-2-4-10-17/h2-6,8-10,12,14,18H,7,11,13,15H2,1H3,(H,22,24)/b21-14-/t18-/m1/s1. The summed E-state index contributed by atoms with van der Waals surface area (Å²) in [5, 5.41) is 3.98. The summed E-state index contributed by atoms with van der Waals surface area (Å²) in [7, 11) is -3.61. The minimum absolute atomic E-state index is 0.170. The zero-order chi connectivity index (χ0) is 19.3. The van der Waals surface area contributed by atoms with Crippen molar-refractivity contribution in [3.8, 4) is 0 Å². The van der Waals surface area contributed by atoms with Crippen LogP contribution in [0.2, 0.25) is 0 Å². The van der Waals surface area contributed by atoms with Crippen molar-refractivity contribution in [2.45, 2.75) is 24.7 Å². The number of benzene rings is 2. The molecule has 1 heterocycles. The van der Waals surface area contributed by atoms with Crippen LogP contribution in [-0.4, -0.2) is 37.9 Å². The zero-order valence-electron chi connectivity index (χ0n) is 15.2. The highest BCUT2D eigenvalue weighted by Gasteiger charge is 2.33. The molecule has 7 heteroatoms. The molecule has 1 aliphatic rings. The van der Waals surface area contributed by atoms with Crippen molar-refractivity contribution in [2.24, 2.45) is 11.0 Å². The second-order valence-electron chi connectivity index (χ2n) is 6.61. The minimum Gasteiger partial charge on any atom is -0.273 e. The smallest absolute Gasteiger partial charge is 0.244 e. The van der Waals surface area contributed by atoms with Gasteiger partial charge in [0.05, 0.1) is 17.0 Å². The van der Waals surface area contributed by atoms with Crippen molar-refractivity contribution in [2.75, 3.05) is 13.1 Å². The number of piperidine rings is 1. The number of hydrogen-bond donors (Lipinski definition) is 1. The Bertz CT molecular complexity index is 926. The van der Waals surface area contributed by atoms with Gasteiger partial charge in [0.15, 0.2) is 0 Å². The Labute approximate surface area is 159 Å².